The summed E-state index contributed by atoms with van der Waals surface area (Å²) in [5.41, 5.74) is 0.920. The molecule has 3 heterocycles. The van der Waals surface area contributed by atoms with Crippen molar-refractivity contribution in [3.05, 3.63) is 21.9 Å². The van der Waals surface area contributed by atoms with Crippen LogP contribution < -0.4 is 0 Å². The van der Waals surface area contributed by atoms with Gasteiger partial charge in [0.1, 0.15) is 32.8 Å². The quantitative estimate of drug-likeness (QED) is 0.237. The molecule has 39 heavy (non-hydrogen) atoms. The Morgan fingerprint density at radius 3 is 2.44 bits per heavy atom. The van der Waals surface area contributed by atoms with Crippen LogP contribution in [0.15, 0.2) is 15.6 Å². The first-order valence-electron chi connectivity index (χ1n) is 12.9. The molecule has 12 heteroatoms. The molecule has 1 aliphatic rings. The fraction of sp³-hybridized carbons (Fsp3) is 0.593. The molecule has 9 nitrogen and oxygen atoms in total. The molecule has 4 rings (SSSR count). The van der Waals surface area contributed by atoms with Gasteiger partial charge in [-0.15, -0.1) is 16.9 Å². The van der Waals surface area contributed by atoms with E-state index in [9.17, 15) is 9.59 Å². The number of carbonyl (C=O) groups excluding carboxylic acids is 2. The van der Waals surface area contributed by atoms with E-state index >= 15 is 4.39 Å². The minimum absolute atomic E-state index is 0.0126. The number of hydrogen-bond acceptors (Lipinski definition) is 8. The topological polar surface area (TPSA) is 99.4 Å². The molecule has 0 radical (unpaired) electrons. The fourth-order valence-corrected chi connectivity index (χ4v) is 5.67. The minimum atomic E-state index is -0.678. The Balaban J connectivity index is 1.77. The number of thioether (sulfide) groups is 1. The number of carbonyl (C=O) groups is 2. The molecule has 0 N–H and O–H groups in total. The van der Waals surface area contributed by atoms with Crippen molar-refractivity contribution in [1.82, 2.24) is 24.9 Å². The first-order valence-corrected chi connectivity index (χ1v) is 14.9. The lowest BCUT2D eigenvalue weighted by molar-refractivity contribution is -0.156. The number of rotatable bonds is 4. The summed E-state index contributed by atoms with van der Waals surface area (Å²) < 4.78 is 28.7. The van der Waals surface area contributed by atoms with Crippen molar-refractivity contribution >= 4 is 61.7 Å². The first kappa shape index (κ1) is 29.5. The summed E-state index contributed by atoms with van der Waals surface area (Å²) in [7, 11) is 0. The lowest BCUT2D eigenvalue weighted by Crippen LogP contribution is -2.49. The number of ether oxygens (including phenoxy) is 2. The van der Waals surface area contributed by atoms with E-state index in [-0.39, 0.29) is 18.0 Å². The average molecular weight is 625 g/mol. The normalized spacial score (nSPS) is 18.6. The van der Waals surface area contributed by atoms with E-state index in [1.807, 2.05) is 60.8 Å². The van der Waals surface area contributed by atoms with Gasteiger partial charge in [-0.05, 0) is 95.1 Å². The van der Waals surface area contributed by atoms with Gasteiger partial charge in [0.25, 0.3) is 0 Å². The standard InChI is InChI=1S/C27H35BrFN5O4S/c1-14-11-17-21(20(29)19(14)28)30-24(39-8)22-23(17)34(32-31-22)15-9-10-33(25(36)38-27(5,6)7)16(12-15)13-18(35)37-26(2,3)4/h11,15-16H,9-10,12-13H2,1-8H3/t15-,16-/m0/s1. The fourth-order valence-electron chi connectivity index (χ4n) is 4.86. The number of nitrogens with zero attached hydrogens (tertiary/aromatic N) is 5. The van der Waals surface area contributed by atoms with Crippen molar-refractivity contribution in [1.29, 1.82) is 0 Å². The van der Waals surface area contributed by atoms with Gasteiger partial charge >= 0.3 is 12.1 Å². The number of hydrogen-bond donors (Lipinski definition) is 0. The van der Waals surface area contributed by atoms with Crippen molar-refractivity contribution in [2.75, 3.05) is 12.8 Å². The number of aromatic nitrogens is 4. The molecule has 2 aromatic heterocycles. The zero-order chi connectivity index (χ0) is 28.9. The van der Waals surface area contributed by atoms with Crippen LogP contribution in [0.2, 0.25) is 0 Å². The molecule has 0 unspecified atom stereocenters. The first-order chi connectivity index (χ1) is 18.1. The summed E-state index contributed by atoms with van der Waals surface area (Å²) in [6.07, 6.45) is 2.38. The second-order valence-corrected chi connectivity index (χ2v) is 13.5. The van der Waals surface area contributed by atoms with E-state index in [1.54, 1.807) is 9.58 Å². The van der Waals surface area contributed by atoms with Crippen LogP contribution in [-0.4, -0.2) is 67.0 Å². The Morgan fingerprint density at radius 1 is 1.15 bits per heavy atom. The highest BCUT2D eigenvalue weighted by Crippen LogP contribution is 2.38. The Bertz CT molecular complexity index is 1430. The molecule has 0 saturated carbocycles. The molecule has 0 spiro atoms. The highest BCUT2D eigenvalue weighted by atomic mass is 79.9. The Labute approximate surface area is 240 Å². The maximum absolute atomic E-state index is 15.3. The average Bonchev–Trinajstić information content (AvgIpc) is 3.25. The lowest BCUT2D eigenvalue weighted by Gasteiger charge is -2.40. The summed E-state index contributed by atoms with van der Waals surface area (Å²) in [5, 5.41) is 10.1. The van der Waals surface area contributed by atoms with Gasteiger partial charge in [0.05, 0.1) is 16.9 Å². The molecule has 1 saturated heterocycles. The zero-order valence-electron chi connectivity index (χ0n) is 23.6. The van der Waals surface area contributed by atoms with Crippen LogP contribution in [0.3, 0.4) is 0 Å². The zero-order valence-corrected chi connectivity index (χ0v) is 26.0. The number of esters is 1. The van der Waals surface area contributed by atoms with Crippen LogP contribution in [0.5, 0.6) is 0 Å². The summed E-state index contributed by atoms with van der Waals surface area (Å²) in [5.74, 6) is -0.829. The van der Waals surface area contributed by atoms with E-state index in [0.29, 0.717) is 45.3 Å². The number of fused-ring (bicyclic) bond motifs is 3. The monoisotopic (exact) mass is 623 g/mol. The molecule has 212 valence electrons. The summed E-state index contributed by atoms with van der Waals surface area (Å²) in [6.45, 7) is 13.0. The molecule has 2 atom stereocenters. The second kappa shape index (κ2) is 10.8. The molecular weight excluding hydrogens is 589 g/mol. The highest BCUT2D eigenvalue weighted by molar-refractivity contribution is 9.10. The van der Waals surface area contributed by atoms with Gasteiger partial charge in [0.15, 0.2) is 5.82 Å². The number of piperidine rings is 1. The predicted molar refractivity (Wildman–Crippen MR) is 152 cm³/mol. The molecule has 1 aromatic carbocycles. The minimum Gasteiger partial charge on any atom is -0.460 e. The maximum atomic E-state index is 15.3. The van der Waals surface area contributed by atoms with Crippen LogP contribution in [-0.2, 0) is 14.3 Å². The SMILES string of the molecule is CSc1nc2c(F)c(Br)c(C)cc2c2c1nnn2[C@H]1CCN(C(=O)OC(C)(C)C)[C@H](CC(=O)OC(C)(C)C)C1. The Morgan fingerprint density at radius 2 is 1.82 bits per heavy atom. The van der Waals surface area contributed by atoms with E-state index in [1.165, 1.54) is 11.8 Å². The largest absolute Gasteiger partial charge is 0.460 e. The van der Waals surface area contributed by atoms with Crippen LogP contribution in [0.25, 0.3) is 21.9 Å². The van der Waals surface area contributed by atoms with Crippen molar-refractivity contribution in [3.63, 3.8) is 0 Å². The number of halogens is 2. The summed E-state index contributed by atoms with van der Waals surface area (Å²) in [4.78, 5) is 32.1. The molecular formula is C27H35BrFN5O4S. The van der Waals surface area contributed by atoms with Crippen molar-refractivity contribution in [2.24, 2.45) is 0 Å². The third kappa shape index (κ3) is 6.32. The number of aryl methyl sites for hydroxylation is 1. The van der Waals surface area contributed by atoms with Crippen molar-refractivity contribution in [2.45, 2.75) is 96.0 Å². The van der Waals surface area contributed by atoms with E-state index in [2.05, 4.69) is 31.2 Å². The number of likely N-dealkylation sites (tertiary alicyclic amines) is 1. The number of amides is 1. The van der Waals surface area contributed by atoms with Crippen LogP contribution >= 0.6 is 27.7 Å². The lowest BCUT2D eigenvalue weighted by atomic mass is 9.94. The molecule has 1 fully saturated rings. The van der Waals surface area contributed by atoms with Gasteiger partial charge in [-0.25, -0.2) is 18.9 Å². The van der Waals surface area contributed by atoms with Crippen LogP contribution in [0, 0.1) is 12.7 Å². The van der Waals surface area contributed by atoms with Crippen LogP contribution in [0.4, 0.5) is 9.18 Å². The molecule has 1 aliphatic heterocycles. The maximum Gasteiger partial charge on any atom is 0.410 e. The number of benzene rings is 1. The Kier molecular flexibility index (Phi) is 8.20. The summed E-state index contributed by atoms with van der Waals surface area (Å²) >= 11 is 4.71. The van der Waals surface area contributed by atoms with E-state index < -0.39 is 35.1 Å². The summed E-state index contributed by atoms with van der Waals surface area (Å²) in [6, 6.07) is 1.21. The van der Waals surface area contributed by atoms with E-state index in [0.717, 1.165) is 5.56 Å². The van der Waals surface area contributed by atoms with E-state index in [4.69, 9.17) is 9.47 Å². The smallest absolute Gasteiger partial charge is 0.410 e. The van der Waals surface area contributed by atoms with Gasteiger partial charge < -0.3 is 14.4 Å². The molecule has 3 aromatic rings. The van der Waals surface area contributed by atoms with Gasteiger partial charge in [-0.2, -0.15) is 0 Å². The number of pyridine rings is 1. The van der Waals surface area contributed by atoms with Crippen molar-refractivity contribution in [3.8, 4) is 0 Å². The van der Waals surface area contributed by atoms with Gasteiger partial charge in [0.2, 0.25) is 0 Å². The van der Waals surface area contributed by atoms with Gasteiger partial charge in [-0.3, -0.25) is 4.79 Å². The Hall–Kier alpha value is -2.47. The van der Waals surface area contributed by atoms with Crippen molar-refractivity contribution < 1.29 is 23.5 Å². The van der Waals surface area contributed by atoms with Crippen LogP contribution in [0.1, 0.15) is 72.4 Å². The van der Waals surface area contributed by atoms with Gasteiger partial charge in [0, 0.05) is 18.0 Å². The third-order valence-corrected chi connectivity index (χ3v) is 8.05. The molecule has 0 aliphatic carbocycles. The molecule has 0 bridgehead atoms. The third-order valence-electron chi connectivity index (χ3n) is 6.41. The van der Waals surface area contributed by atoms with Gasteiger partial charge in [-0.1, -0.05) is 5.21 Å². The molecule has 1 amide bonds. The second-order valence-electron chi connectivity index (χ2n) is 11.9. The predicted octanol–water partition coefficient (Wildman–Crippen LogP) is 6.58. The highest BCUT2D eigenvalue weighted by Gasteiger charge is 2.38.